The lowest BCUT2D eigenvalue weighted by atomic mass is 10.0. The first-order valence-corrected chi connectivity index (χ1v) is 7.42. The van der Waals surface area contributed by atoms with Gasteiger partial charge in [0.05, 0.1) is 12.2 Å². The second-order valence-electron chi connectivity index (χ2n) is 5.30. The Hall–Kier alpha value is -2.07. The fourth-order valence-electron chi connectivity index (χ4n) is 1.96. The van der Waals surface area contributed by atoms with E-state index < -0.39 is 5.82 Å². The molecule has 2 rings (SSSR count). The van der Waals surface area contributed by atoms with Gasteiger partial charge < -0.3 is 10.6 Å². The zero-order valence-corrected chi connectivity index (χ0v) is 13.2. The molecule has 2 aromatic rings. The van der Waals surface area contributed by atoms with E-state index in [1.54, 1.807) is 0 Å². The monoisotopic (exact) mass is 320 g/mol. The second kappa shape index (κ2) is 7.27. The van der Waals surface area contributed by atoms with Crippen LogP contribution >= 0.6 is 11.6 Å². The van der Waals surface area contributed by atoms with Crippen LogP contribution in [0.3, 0.4) is 0 Å². The molecule has 0 atom stereocenters. The predicted octanol–water partition coefficient (Wildman–Crippen LogP) is 4.65. The summed E-state index contributed by atoms with van der Waals surface area (Å²) in [5.74, 6) is -0.392. The summed E-state index contributed by atoms with van der Waals surface area (Å²) < 4.78 is 13.5. The lowest BCUT2D eigenvalue weighted by molar-refractivity contribution is -0.114. The number of halogens is 2. The van der Waals surface area contributed by atoms with Crippen molar-refractivity contribution in [1.29, 1.82) is 0 Å². The van der Waals surface area contributed by atoms with Gasteiger partial charge in [0.25, 0.3) is 0 Å². The summed E-state index contributed by atoms with van der Waals surface area (Å²) in [7, 11) is 0. The Morgan fingerprint density at radius 2 is 1.86 bits per heavy atom. The van der Waals surface area contributed by atoms with Crippen LogP contribution in [0.25, 0.3) is 0 Å². The predicted molar refractivity (Wildman–Crippen MR) is 89.1 cm³/mol. The van der Waals surface area contributed by atoms with Crippen molar-refractivity contribution in [2.75, 3.05) is 17.2 Å². The average Bonchev–Trinajstić information content (AvgIpc) is 2.49. The molecule has 116 valence electrons. The molecule has 0 fully saturated rings. The highest BCUT2D eigenvalue weighted by atomic mass is 35.5. The van der Waals surface area contributed by atoms with Crippen LogP contribution in [-0.4, -0.2) is 12.5 Å². The van der Waals surface area contributed by atoms with E-state index in [2.05, 4.69) is 24.5 Å². The van der Waals surface area contributed by atoms with Crippen molar-refractivity contribution in [2.24, 2.45) is 0 Å². The van der Waals surface area contributed by atoms with Crippen LogP contribution in [0.2, 0.25) is 5.02 Å². The summed E-state index contributed by atoms with van der Waals surface area (Å²) in [6.07, 6.45) is 0. The Bertz CT molecular complexity index is 656. The minimum absolute atomic E-state index is 0.0486. The zero-order chi connectivity index (χ0) is 16.1. The van der Waals surface area contributed by atoms with Crippen LogP contribution in [0.1, 0.15) is 25.3 Å². The number of anilines is 2. The molecule has 0 unspecified atom stereocenters. The molecule has 0 aliphatic rings. The van der Waals surface area contributed by atoms with Crippen molar-refractivity contribution < 1.29 is 9.18 Å². The number of amides is 1. The van der Waals surface area contributed by atoms with Crippen LogP contribution in [0.5, 0.6) is 0 Å². The minimum Gasteiger partial charge on any atom is -0.376 e. The topological polar surface area (TPSA) is 41.1 Å². The van der Waals surface area contributed by atoms with Gasteiger partial charge >= 0.3 is 0 Å². The van der Waals surface area contributed by atoms with E-state index in [9.17, 15) is 9.18 Å². The third-order valence-electron chi connectivity index (χ3n) is 3.23. The van der Waals surface area contributed by atoms with E-state index >= 15 is 0 Å². The highest BCUT2D eigenvalue weighted by molar-refractivity contribution is 6.30. The molecule has 22 heavy (non-hydrogen) atoms. The first kappa shape index (κ1) is 16.3. The zero-order valence-electron chi connectivity index (χ0n) is 12.5. The molecule has 5 heteroatoms. The Morgan fingerprint density at radius 1 is 1.18 bits per heavy atom. The van der Waals surface area contributed by atoms with Gasteiger partial charge in [-0.05, 0) is 41.8 Å². The number of hydrogen-bond acceptors (Lipinski definition) is 2. The Labute approximate surface area is 134 Å². The normalized spacial score (nSPS) is 10.6. The van der Waals surface area contributed by atoms with Crippen molar-refractivity contribution in [2.45, 2.75) is 19.8 Å². The molecular formula is C17H18ClFN2O. The number of carbonyl (C=O) groups is 1. The summed E-state index contributed by atoms with van der Waals surface area (Å²) >= 11 is 5.78. The standard InChI is InChI=1S/C17H18ClFN2O/c1-11(2)12-3-6-14(7-4-12)20-10-17(22)21-16-9-13(18)5-8-15(16)19/h3-9,11,20H,10H2,1-2H3,(H,21,22). The maximum atomic E-state index is 13.5. The molecule has 0 saturated heterocycles. The van der Waals surface area contributed by atoms with Crippen molar-refractivity contribution >= 4 is 28.9 Å². The molecule has 0 aliphatic heterocycles. The molecule has 0 bridgehead atoms. The lowest BCUT2D eigenvalue weighted by Crippen LogP contribution is -2.22. The molecule has 2 N–H and O–H groups in total. The second-order valence-corrected chi connectivity index (χ2v) is 5.74. The number of benzene rings is 2. The summed E-state index contributed by atoms with van der Waals surface area (Å²) in [5.41, 5.74) is 2.15. The van der Waals surface area contributed by atoms with Gasteiger partial charge in [-0.2, -0.15) is 0 Å². The van der Waals surface area contributed by atoms with Crippen LogP contribution in [-0.2, 0) is 4.79 Å². The molecule has 0 spiro atoms. The highest BCUT2D eigenvalue weighted by Gasteiger charge is 2.07. The molecule has 0 aromatic heterocycles. The molecule has 2 aromatic carbocycles. The van der Waals surface area contributed by atoms with Crippen LogP contribution in [0.15, 0.2) is 42.5 Å². The van der Waals surface area contributed by atoms with Gasteiger partial charge in [0, 0.05) is 10.7 Å². The van der Waals surface area contributed by atoms with E-state index in [1.165, 1.54) is 23.8 Å². The van der Waals surface area contributed by atoms with Gasteiger partial charge in [0.1, 0.15) is 5.82 Å². The van der Waals surface area contributed by atoms with Gasteiger partial charge in [0.15, 0.2) is 0 Å². The Balaban J connectivity index is 1.91. The summed E-state index contributed by atoms with van der Waals surface area (Å²) in [6.45, 7) is 4.29. The summed E-state index contributed by atoms with van der Waals surface area (Å²) in [6, 6.07) is 11.9. The van der Waals surface area contributed by atoms with Gasteiger partial charge in [-0.25, -0.2) is 4.39 Å². The first-order chi connectivity index (χ1) is 10.5. The third-order valence-corrected chi connectivity index (χ3v) is 3.47. The van der Waals surface area contributed by atoms with E-state index in [0.717, 1.165) is 5.69 Å². The molecule has 3 nitrogen and oxygen atoms in total. The highest BCUT2D eigenvalue weighted by Crippen LogP contribution is 2.20. The summed E-state index contributed by atoms with van der Waals surface area (Å²) in [5, 5.41) is 5.86. The van der Waals surface area contributed by atoms with Gasteiger partial charge in [-0.15, -0.1) is 0 Å². The summed E-state index contributed by atoms with van der Waals surface area (Å²) in [4.78, 5) is 11.8. The fraction of sp³-hybridized carbons (Fsp3) is 0.235. The average molecular weight is 321 g/mol. The van der Waals surface area contributed by atoms with Crippen LogP contribution in [0, 0.1) is 5.82 Å². The maximum absolute atomic E-state index is 13.5. The number of carbonyl (C=O) groups excluding carboxylic acids is 1. The molecule has 1 amide bonds. The van der Waals surface area contributed by atoms with Crippen molar-refractivity contribution in [3.8, 4) is 0 Å². The molecule has 0 heterocycles. The maximum Gasteiger partial charge on any atom is 0.243 e. The number of hydrogen-bond donors (Lipinski definition) is 2. The SMILES string of the molecule is CC(C)c1ccc(NCC(=O)Nc2cc(Cl)ccc2F)cc1. The van der Waals surface area contributed by atoms with E-state index in [0.29, 0.717) is 10.9 Å². The van der Waals surface area contributed by atoms with Gasteiger partial charge in [0.2, 0.25) is 5.91 Å². The van der Waals surface area contributed by atoms with E-state index in [1.807, 2.05) is 24.3 Å². The van der Waals surface area contributed by atoms with Gasteiger partial charge in [-0.3, -0.25) is 4.79 Å². The Morgan fingerprint density at radius 3 is 2.50 bits per heavy atom. The van der Waals surface area contributed by atoms with E-state index in [-0.39, 0.29) is 18.1 Å². The van der Waals surface area contributed by atoms with Crippen LogP contribution in [0.4, 0.5) is 15.8 Å². The molecular weight excluding hydrogens is 303 g/mol. The smallest absolute Gasteiger partial charge is 0.243 e. The van der Waals surface area contributed by atoms with Crippen molar-refractivity contribution in [3.05, 3.63) is 58.9 Å². The molecule has 0 aliphatic carbocycles. The van der Waals surface area contributed by atoms with E-state index in [4.69, 9.17) is 11.6 Å². The number of rotatable bonds is 5. The van der Waals surface area contributed by atoms with Crippen molar-refractivity contribution in [1.82, 2.24) is 0 Å². The van der Waals surface area contributed by atoms with Crippen molar-refractivity contribution in [3.63, 3.8) is 0 Å². The Kier molecular flexibility index (Phi) is 5.39. The lowest BCUT2D eigenvalue weighted by Gasteiger charge is -2.10. The van der Waals surface area contributed by atoms with Gasteiger partial charge in [-0.1, -0.05) is 37.6 Å². The minimum atomic E-state index is -0.515. The molecule has 0 saturated carbocycles. The first-order valence-electron chi connectivity index (χ1n) is 7.04. The fourth-order valence-corrected chi connectivity index (χ4v) is 2.13. The molecule has 0 radical (unpaired) electrons. The van der Waals surface area contributed by atoms with Crippen LogP contribution < -0.4 is 10.6 Å². The third kappa shape index (κ3) is 4.46. The quantitative estimate of drug-likeness (QED) is 0.841. The number of nitrogens with one attached hydrogen (secondary N) is 2. The largest absolute Gasteiger partial charge is 0.376 e.